The van der Waals surface area contributed by atoms with E-state index >= 15 is 0 Å². The lowest BCUT2D eigenvalue weighted by atomic mass is 9.43. The molecule has 4 aliphatic rings. The number of carbonyl (C=O) groups is 2. The molecular weight excluding hydrogens is 588 g/mol. The molecule has 1 N–H and O–H groups in total. The molecule has 1 aromatic carbocycles. The summed E-state index contributed by atoms with van der Waals surface area (Å²) in [6.07, 6.45) is 12.2. The Bertz CT molecular complexity index is 1400. The van der Waals surface area contributed by atoms with Crippen molar-refractivity contribution in [3.05, 3.63) is 52.6 Å². The first kappa shape index (κ1) is 35.7. The van der Waals surface area contributed by atoms with Crippen molar-refractivity contribution in [3.63, 3.8) is 0 Å². The molecule has 0 aromatic heterocycles. The molecule has 0 bridgehead atoms. The molecule has 47 heavy (non-hydrogen) atoms. The predicted molar refractivity (Wildman–Crippen MR) is 186 cm³/mol. The molecule has 0 saturated heterocycles. The number of esters is 1. The summed E-state index contributed by atoms with van der Waals surface area (Å²) in [4.78, 5) is 25.9. The molecule has 0 aliphatic heterocycles. The first-order valence-corrected chi connectivity index (χ1v) is 18.2. The molecule has 0 unspecified atom stereocenters. The number of hydrogen-bond donors (Lipinski definition) is 1. The number of para-hydroxylation sites is 1. The molecule has 2 saturated carbocycles. The number of fused-ring (bicyclic) bond motifs is 4. The monoisotopic (exact) mass is 648 g/mol. The van der Waals surface area contributed by atoms with Gasteiger partial charge in [0.2, 0.25) is 0 Å². The van der Waals surface area contributed by atoms with Crippen LogP contribution in [0.2, 0.25) is 0 Å². The van der Waals surface area contributed by atoms with Crippen molar-refractivity contribution in [3.8, 4) is 5.75 Å². The molecule has 1 aromatic rings. The van der Waals surface area contributed by atoms with Gasteiger partial charge in [-0.25, -0.2) is 9.59 Å². The maximum absolute atomic E-state index is 13.6. The third kappa shape index (κ3) is 6.33. The van der Waals surface area contributed by atoms with Crippen LogP contribution in [0.15, 0.2) is 47.1 Å². The molecule has 0 spiro atoms. The van der Waals surface area contributed by atoms with Gasteiger partial charge in [0.25, 0.3) is 0 Å². The van der Waals surface area contributed by atoms with Gasteiger partial charge in [-0.1, -0.05) is 76.5 Å². The Kier molecular flexibility index (Phi) is 10.2. The average Bonchev–Trinajstić information content (AvgIpc) is 3.29. The largest absolute Gasteiger partial charge is 0.514 e. The van der Waals surface area contributed by atoms with Crippen molar-refractivity contribution in [1.29, 1.82) is 0 Å². The quantitative estimate of drug-likeness (QED) is 0.163. The standard InChI is InChI=1S/C41H60O6/c1-26(2)13-12-14-27(3)30-19-23-41(9)32-17-18-34-38(5,6)35(21-22-39(34,7)31(32)20-24-40(30,41)8)47-36(43)29-15-10-11-16-33(29)46-37(44)45-28(4)25-42/h10-11,13,15-16,27-28,30,34-35,42H,12,14,17-25H2,1-9H3/t27-,28+,30-,34+,35+,39-,40-,41+/m1/s1. The van der Waals surface area contributed by atoms with Crippen LogP contribution in [0.4, 0.5) is 4.79 Å². The van der Waals surface area contributed by atoms with E-state index in [1.807, 2.05) is 0 Å². The number of aliphatic hydroxyl groups is 1. The summed E-state index contributed by atoms with van der Waals surface area (Å²) in [6, 6.07) is 6.62. The number of hydrogen-bond acceptors (Lipinski definition) is 6. The van der Waals surface area contributed by atoms with E-state index in [1.165, 1.54) is 44.1 Å². The normalized spacial score (nSPS) is 33.9. The summed E-state index contributed by atoms with van der Waals surface area (Å²) < 4.78 is 16.7. The molecular formula is C41H60O6. The third-order valence-corrected chi connectivity index (χ3v) is 13.7. The highest BCUT2D eigenvalue weighted by molar-refractivity contribution is 5.93. The maximum Gasteiger partial charge on any atom is 0.514 e. The molecule has 8 atom stereocenters. The van der Waals surface area contributed by atoms with E-state index in [9.17, 15) is 14.7 Å². The fourth-order valence-corrected chi connectivity index (χ4v) is 10.9. The van der Waals surface area contributed by atoms with Gasteiger partial charge in [0.05, 0.1) is 6.61 Å². The van der Waals surface area contributed by atoms with E-state index in [2.05, 4.69) is 61.5 Å². The van der Waals surface area contributed by atoms with Crippen molar-refractivity contribution in [2.75, 3.05) is 6.61 Å². The van der Waals surface area contributed by atoms with E-state index in [0.717, 1.165) is 37.5 Å². The lowest BCUT2D eigenvalue weighted by molar-refractivity contribution is -0.104. The zero-order chi connectivity index (χ0) is 34.4. The minimum atomic E-state index is -0.962. The third-order valence-electron chi connectivity index (χ3n) is 13.7. The van der Waals surface area contributed by atoms with Crippen LogP contribution >= 0.6 is 0 Å². The van der Waals surface area contributed by atoms with Gasteiger partial charge in [-0.2, -0.15) is 0 Å². The highest BCUT2D eigenvalue weighted by atomic mass is 16.7. The summed E-state index contributed by atoms with van der Waals surface area (Å²) in [5.74, 6) is 1.53. The van der Waals surface area contributed by atoms with Gasteiger partial charge in [-0.3, -0.25) is 0 Å². The molecule has 0 heterocycles. The fraction of sp³-hybridized carbons (Fsp3) is 0.707. The van der Waals surface area contributed by atoms with E-state index in [4.69, 9.17) is 14.2 Å². The number of ether oxygens (including phenoxy) is 3. The molecule has 4 aliphatic carbocycles. The van der Waals surface area contributed by atoms with Crippen molar-refractivity contribution in [2.24, 2.45) is 39.4 Å². The summed E-state index contributed by atoms with van der Waals surface area (Å²) in [7, 11) is 0. The van der Waals surface area contributed by atoms with Gasteiger partial charge in [0.15, 0.2) is 0 Å². The van der Waals surface area contributed by atoms with Crippen molar-refractivity contribution in [2.45, 2.75) is 139 Å². The van der Waals surface area contributed by atoms with Gasteiger partial charge in [0.1, 0.15) is 23.5 Å². The molecule has 2 fully saturated rings. The molecule has 260 valence electrons. The first-order chi connectivity index (χ1) is 22.1. The highest BCUT2D eigenvalue weighted by Crippen LogP contribution is 2.72. The Labute approximate surface area is 283 Å². The summed E-state index contributed by atoms with van der Waals surface area (Å²) in [5.41, 5.74) is 5.63. The van der Waals surface area contributed by atoms with Gasteiger partial charge in [-0.15, -0.1) is 0 Å². The van der Waals surface area contributed by atoms with E-state index in [1.54, 1.807) is 42.3 Å². The Morgan fingerprint density at radius 3 is 2.38 bits per heavy atom. The zero-order valence-corrected chi connectivity index (χ0v) is 30.5. The molecule has 5 rings (SSSR count). The SMILES string of the molecule is CC(C)=CCC[C@@H](C)[C@H]1CC[C@@]2(C)C3=C(CC[C@]12C)[C@@]1(C)CC[C@H](OC(=O)c2ccccc2OC(=O)O[C@@H](C)CO)C(C)(C)[C@@H]1CC3. The zero-order valence-electron chi connectivity index (χ0n) is 30.5. The number of rotatable bonds is 9. The predicted octanol–water partition coefficient (Wildman–Crippen LogP) is 10.2. The Morgan fingerprint density at radius 1 is 0.957 bits per heavy atom. The van der Waals surface area contributed by atoms with Crippen LogP contribution in [0.1, 0.15) is 137 Å². The lowest BCUT2D eigenvalue weighted by Crippen LogP contribution is -2.55. The van der Waals surface area contributed by atoms with Crippen molar-refractivity contribution < 1.29 is 28.9 Å². The minimum absolute atomic E-state index is 0.0955. The summed E-state index contributed by atoms with van der Waals surface area (Å²) >= 11 is 0. The van der Waals surface area contributed by atoms with Gasteiger partial charge < -0.3 is 19.3 Å². The molecule has 6 heteroatoms. The van der Waals surface area contributed by atoms with E-state index in [0.29, 0.717) is 11.3 Å². The van der Waals surface area contributed by atoms with Crippen LogP contribution in [0.25, 0.3) is 0 Å². The summed E-state index contributed by atoms with van der Waals surface area (Å²) in [6.45, 7) is 20.5. The Hall–Kier alpha value is -2.60. The summed E-state index contributed by atoms with van der Waals surface area (Å²) in [5, 5.41) is 9.21. The Morgan fingerprint density at radius 2 is 1.68 bits per heavy atom. The second kappa shape index (κ2) is 13.4. The van der Waals surface area contributed by atoms with Crippen LogP contribution in [-0.4, -0.2) is 36.0 Å². The molecule has 0 amide bonds. The second-order valence-electron chi connectivity index (χ2n) is 16.9. The average molecular weight is 649 g/mol. The Balaban J connectivity index is 1.33. The van der Waals surface area contributed by atoms with Gasteiger partial charge in [-0.05, 0) is 131 Å². The highest BCUT2D eigenvalue weighted by Gasteiger charge is 2.63. The van der Waals surface area contributed by atoms with Gasteiger partial charge >= 0.3 is 12.1 Å². The number of allylic oxidation sites excluding steroid dienone is 4. The van der Waals surface area contributed by atoms with Crippen LogP contribution < -0.4 is 4.74 Å². The van der Waals surface area contributed by atoms with Crippen LogP contribution in [0.5, 0.6) is 5.75 Å². The van der Waals surface area contributed by atoms with Crippen LogP contribution in [0.3, 0.4) is 0 Å². The van der Waals surface area contributed by atoms with Crippen LogP contribution in [-0.2, 0) is 9.47 Å². The number of carbonyl (C=O) groups excluding carboxylic acids is 2. The number of aliphatic hydroxyl groups excluding tert-OH is 1. The lowest BCUT2D eigenvalue weighted by Gasteiger charge is -2.62. The smallest absolute Gasteiger partial charge is 0.458 e. The molecule has 6 nitrogen and oxygen atoms in total. The number of benzene rings is 1. The topological polar surface area (TPSA) is 82.1 Å². The first-order valence-electron chi connectivity index (χ1n) is 18.2. The van der Waals surface area contributed by atoms with Crippen molar-refractivity contribution >= 4 is 12.1 Å². The van der Waals surface area contributed by atoms with E-state index in [-0.39, 0.29) is 40.3 Å². The second-order valence-corrected chi connectivity index (χ2v) is 16.9. The molecule has 0 radical (unpaired) electrons. The van der Waals surface area contributed by atoms with Gasteiger partial charge in [0, 0.05) is 5.41 Å². The minimum Gasteiger partial charge on any atom is -0.458 e. The fourth-order valence-electron chi connectivity index (χ4n) is 10.9. The van der Waals surface area contributed by atoms with E-state index < -0.39 is 18.2 Å². The van der Waals surface area contributed by atoms with Crippen LogP contribution in [0, 0.1) is 39.4 Å². The van der Waals surface area contributed by atoms with Crippen molar-refractivity contribution in [1.82, 2.24) is 0 Å². The maximum atomic E-state index is 13.6.